The molecule has 0 amide bonds. The molecule has 0 aliphatic heterocycles. The third-order valence-corrected chi connectivity index (χ3v) is 4.50. The molecule has 128 valence electrons. The van der Waals surface area contributed by atoms with Gasteiger partial charge in [-0.2, -0.15) is 0 Å². The fourth-order valence-electron chi connectivity index (χ4n) is 3.22. The van der Waals surface area contributed by atoms with Crippen LogP contribution in [0.2, 0.25) is 0 Å². The summed E-state index contributed by atoms with van der Waals surface area (Å²) in [6.07, 6.45) is 1.92. The van der Waals surface area contributed by atoms with Crippen LogP contribution in [0.5, 0.6) is 11.5 Å². The molecule has 0 atom stereocenters. The minimum absolute atomic E-state index is 0.814. The number of fused-ring (bicyclic) bond motifs is 1. The van der Waals surface area contributed by atoms with Crippen molar-refractivity contribution in [2.24, 2.45) is 0 Å². The zero-order chi connectivity index (χ0) is 17.9. The molecule has 0 N–H and O–H groups in total. The average Bonchev–Trinajstić information content (AvgIpc) is 2.73. The van der Waals surface area contributed by atoms with Gasteiger partial charge >= 0.3 is 0 Å². The van der Waals surface area contributed by atoms with Crippen LogP contribution in [0.4, 0.5) is 0 Å². The number of ether oxygens (including phenoxy) is 2. The summed E-state index contributed by atoms with van der Waals surface area (Å²) in [5, 5.41) is 2.27. The smallest absolute Gasteiger partial charge is 0.119 e. The van der Waals surface area contributed by atoms with Crippen molar-refractivity contribution in [3.63, 3.8) is 0 Å². The second-order valence-electron chi connectivity index (χ2n) is 6.03. The number of pyridine rings is 1. The van der Waals surface area contributed by atoms with E-state index in [1.807, 2.05) is 48.7 Å². The minimum Gasteiger partial charge on any atom is -0.497 e. The van der Waals surface area contributed by atoms with E-state index in [4.69, 9.17) is 14.5 Å². The maximum absolute atomic E-state index is 5.43. The summed E-state index contributed by atoms with van der Waals surface area (Å²) < 4.78 is 10.8. The number of hydrogen-bond acceptors (Lipinski definition) is 3. The molecule has 3 aromatic carbocycles. The van der Waals surface area contributed by atoms with Gasteiger partial charge in [-0.1, -0.05) is 48.5 Å². The number of benzene rings is 3. The second kappa shape index (κ2) is 6.89. The maximum Gasteiger partial charge on any atom is 0.119 e. The minimum atomic E-state index is 0.814. The molecular weight excluding hydrogens is 322 g/mol. The van der Waals surface area contributed by atoms with Crippen molar-refractivity contribution in [2.75, 3.05) is 14.2 Å². The fraction of sp³-hybridized carbons (Fsp3) is 0.0870. The Kier molecular flexibility index (Phi) is 4.28. The molecule has 3 heteroatoms. The first kappa shape index (κ1) is 16.2. The van der Waals surface area contributed by atoms with Crippen molar-refractivity contribution in [1.82, 2.24) is 4.98 Å². The number of rotatable bonds is 4. The Bertz CT molecular complexity index is 1070. The van der Waals surface area contributed by atoms with Gasteiger partial charge < -0.3 is 9.47 Å². The molecule has 0 aliphatic rings. The predicted octanol–water partition coefficient (Wildman–Crippen LogP) is 5.59. The first-order valence-electron chi connectivity index (χ1n) is 8.47. The van der Waals surface area contributed by atoms with Gasteiger partial charge in [0.15, 0.2) is 0 Å². The zero-order valence-corrected chi connectivity index (χ0v) is 14.8. The highest BCUT2D eigenvalue weighted by Crippen LogP contribution is 2.38. The maximum atomic E-state index is 5.43. The van der Waals surface area contributed by atoms with Crippen LogP contribution in [-0.4, -0.2) is 19.2 Å². The number of aromatic nitrogens is 1. The van der Waals surface area contributed by atoms with Crippen LogP contribution in [0.25, 0.3) is 33.2 Å². The van der Waals surface area contributed by atoms with E-state index < -0.39 is 0 Å². The number of nitrogens with zero attached hydrogens (tertiary/aromatic N) is 1. The molecule has 1 heterocycles. The van der Waals surface area contributed by atoms with Gasteiger partial charge in [0.25, 0.3) is 0 Å². The van der Waals surface area contributed by atoms with Crippen molar-refractivity contribution in [3.05, 3.63) is 79.0 Å². The van der Waals surface area contributed by atoms with Crippen molar-refractivity contribution >= 4 is 10.8 Å². The molecule has 0 spiro atoms. The molecule has 4 rings (SSSR count). The highest BCUT2D eigenvalue weighted by molar-refractivity contribution is 6.02. The zero-order valence-electron chi connectivity index (χ0n) is 14.8. The Balaban J connectivity index is 2.04. The second-order valence-corrected chi connectivity index (χ2v) is 6.03. The van der Waals surface area contributed by atoms with E-state index in [1.165, 1.54) is 0 Å². The lowest BCUT2D eigenvalue weighted by atomic mass is 9.94. The van der Waals surface area contributed by atoms with Gasteiger partial charge in [0.1, 0.15) is 11.5 Å². The van der Waals surface area contributed by atoms with Gasteiger partial charge in [0, 0.05) is 22.7 Å². The highest BCUT2D eigenvalue weighted by atomic mass is 16.5. The summed E-state index contributed by atoms with van der Waals surface area (Å²) in [6, 6.07) is 24.4. The van der Waals surface area contributed by atoms with Crippen LogP contribution in [0.1, 0.15) is 0 Å². The Hall–Kier alpha value is -3.33. The van der Waals surface area contributed by atoms with E-state index in [0.717, 1.165) is 44.7 Å². The van der Waals surface area contributed by atoms with E-state index >= 15 is 0 Å². The standard InChI is InChI=1S/C23H19NO2/c1-25-19-10-5-8-16(13-19)22-21-12-4-3-7-18(21)15-24-23(22)17-9-6-11-20(14-17)26-2/h3-15H,1-2H3. The Morgan fingerprint density at radius 1 is 0.692 bits per heavy atom. The van der Waals surface area contributed by atoms with E-state index in [9.17, 15) is 0 Å². The molecule has 4 aromatic rings. The van der Waals surface area contributed by atoms with E-state index in [0.29, 0.717) is 0 Å². The van der Waals surface area contributed by atoms with Gasteiger partial charge in [-0.05, 0) is 35.2 Å². The molecule has 1 aromatic heterocycles. The molecule has 0 saturated carbocycles. The predicted molar refractivity (Wildman–Crippen MR) is 106 cm³/mol. The van der Waals surface area contributed by atoms with Gasteiger partial charge in [-0.15, -0.1) is 0 Å². The summed E-state index contributed by atoms with van der Waals surface area (Å²) in [4.78, 5) is 4.79. The topological polar surface area (TPSA) is 31.4 Å². The van der Waals surface area contributed by atoms with Crippen molar-refractivity contribution in [3.8, 4) is 33.9 Å². The third-order valence-electron chi connectivity index (χ3n) is 4.50. The molecule has 0 fully saturated rings. The summed E-state index contributed by atoms with van der Waals surface area (Å²) in [6.45, 7) is 0. The van der Waals surface area contributed by atoms with Crippen LogP contribution in [0, 0.1) is 0 Å². The van der Waals surface area contributed by atoms with Gasteiger partial charge in [-0.25, -0.2) is 0 Å². The fourth-order valence-corrected chi connectivity index (χ4v) is 3.22. The summed E-state index contributed by atoms with van der Waals surface area (Å²) >= 11 is 0. The molecule has 0 saturated heterocycles. The van der Waals surface area contributed by atoms with Gasteiger partial charge in [0.05, 0.1) is 19.9 Å². The normalized spacial score (nSPS) is 10.7. The summed E-state index contributed by atoms with van der Waals surface area (Å²) in [5.74, 6) is 1.64. The SMILES string of the molecule is COc1cccc(-c2ncc3ccccc3c2-c2cccc(OC)c2)c1. The van der Waals surface area contributed by atoms with Crippen molar-refractivity contribution in [2.45, 2.75) is 0 Å². The number of hydrogen-bond donors (Lipinski definition) is 0. The molecule has 3 nitrogen and oxygen atoms in total. The average molecular weight is 341 g/mol. The molecule has 0 radical (unpaired) electrons. The summed E-state index contributed by atoms with van der Waals surface area (Å²) in [5.41, 5.74) is 4.12. The number of methoxy groups -OCH3 is 2. The lowest BCUT2D eigenvalue weighted by Gasteiger charge is -2.14. The first-order valence-corrected chi connectivity index (χ1v) is 8.47. The molecule has 0 bridgehead atoms. The van der Waals surface area contributed by atoms with Crippen LogP contribution in [0.3, 0.4) is 0 Å². The molecule has 0 unspecified atom stereocenters. The van der Waals surface area contributed by atoms with Crippen LogP contribution in [0.15, 0.2) is 79.0 Å². The van der Waals surface area contributed by atoms with Crippen molar-refractivity contribution < 1.29 is 9.47 Å². The molecule has 26 heavy (non-hydrogen) atoms. The highest BCUT2D eigenvalue weighted by Gasteiger charge is 2.14. The quantitative estimate of drug-likeness (QED) is 0.485. The lowest BCUT2D eigenvalue weighted by molar-refractivity contribution is 0.415. The molecule has 0 aliphatic carbocycles. The van der Waals surface area contributed by atoms with Crippen LogP contribution >= 0.6 is 0 Å². The van der Waals surface area contributed by atoms with Crippen LogP contribution < -0.4 is 9.47 Å². The Labute approximate surface area is 152 Å². The lowest BCUT2D eigenvalue weighted by Crippen LogP contribution is -1.93. The van der Waals surface area contributed by atoms with E-state index in [-0.39, 0.29) is 0 Å². The van der Waals surface area contributed by atoms with E-state index in [2.05, 4.69) is 30.3 Å². The molecular formula is C23H19NO2. The van der Waals surface area contributed by atoms with Gasteiger partial charge in [0.2, 0.25) is 0 Å². The van der Waals surface area contributed by atoms with E-state index in [1.54, 1.807) is 14.2 Å². The monoisotopic (exact) mass is 341 g/mol. The first-order chi connectivity index (χ1) is 12.8. The van der Waals surface area contributed by atoms with Crippen LogP contribution in [-0.2, 0) is 0 Å². The Morgan fingerprint density at radius 3 is 2.08 bits per heavy atom. The Morgan fingerprint density at radius 2 is 1.35 bits per heavy atom. The summed E-state index contributed by atoms with van der Waals surface area (Å²) in [7, 11) is 3.36. The third kappa shape index (κ3) is 2.88. The largest absolute Gasteiger partial charge is 0.497 e. The van der Waals surface area contributed by atoms with Crippen molar-refractivity contribution in [1.29, 1.82) is 0 Å². The van der Waals surface area contributed by atoms with Gasteiger partial charge in [-0.3, -0.25) is 4.98 Å².